The molecule has 0 bridgehead atoms. The molecule has 0 heterocycles. The van der Waals surface area contributed by atoms with Crippen molar-refractivity contribution in [2.24, 2.45) is 5.73 Å². The van der Waals surface area contributed by atoms with E-state index < -0.39 is 21.0 Å². The average molecular weight is 362 g/mol. The summed E-state index contributed by atoms with van der Waals surface area (Å²) in [4.78, 5) is 12.6. The minimum atomic E-state index is -3.55. The molecular formula is C18H22N2O4S. The highest BCUT2D eigenvalue weighted by atomic mass is 32.2. The van der Waals surface area contributed by atoms with Gasteiger partial charge >= 0.3 is 0 Å². The SMILES string of the molecule is CC(C)S(=O)(=O)c1ccccc1C(=O)Nc1ccc(OCCN)cc1. The second-order valence-corrected chi connectivity index (χ2v) is 8.18. The van der Waals surface area contributed by atoms with Gasteiger partial charge in [0.1, 0.15) is 12.4 Å². The second-order valence-electron chi connectivity index (χ2n) is 5.71. The minimum Gasteiger partial charge on any atom is -0.492 e. The molecule has 0 aliphatic rings. The van der Waals surface area contributed by atoms with Crippen LogP contribution in [-0.4, -0.2) is 32.7 Å². The summed E-state index contributed by atoms with van der Waals surface area (Å²) in [7, 11) is -3.55. The lowest BCUT2D eigenvalue weighted by atomic mass is 10.2. The maximum absolute atomic E-state index is 12.5. The van der Waals surface area contributed by atoms with Crippen LogP contribution in [0.25, 0.3) is 0 Å². The van der Waals surface area contributed by atoms with E-state index in [2.05, 4.69) is 5.32 Å². The van der Waals surface area contributed by atoms with Crippen molar-refractivity contribution in [3.63, 3.8) is 0 Å². The van der Waals surface area contributed by atoms with Crippen LogP contribution in [0.15, 0.2) is 53.4 Å². The van der Waals surface area contributed by atoms with E-state index in [1.807, 2.05) is 0 Å². The van der Waals surface area contributed by atoms with E-state index in [4.69, 9.17) is 10.5 Å². The third kappa shape index (κ3) is 4.58. The van der Waals surface area contributed by atoms with Crippen molar-refractivity contribution in [1.29, 1.82) is 0 Å². The molecule has 2 rings (SSSR count). The van der Waals surface area contributed by atoms with E-state index in [1.54, 1.807) is 50.2 Å². The van der Waals surface area contributed by atoms with Gasteiger partial charge in [-0.2, -0.15) is 0 Å². The summed E-state index contributed by atoms with van der Waals surface area (Å²) in [6, 6.07) is 13.0. The second kappa shape index (κ2) is 8.13. The van der Waals surface area contributed by atoms with Crippen molar-refractivity contribution < 1.29 is 17.9 Å². The Bertz CT molecular complexity index is 830. The molecule has 0 aliphatic heterocycles. The average Bonchev–Trinajstić information content (AvgIpc) is 2.61. The molecule has 134 valence electrons. The monoisotopic (exact) mass is 362 g/mol. The van der Waals surface area contributed by atoms with Crippen LogP contribution < -0.4 is 15.8 Å². The summed E-state index contributed by atoms with van der Waals surface area (Å²) in [5, 5.41) is 2.10. The summed E-state index contributed by atoms with van der Waals surface area (Å²) < 4.78 is 30.3. The molecule has 0 aliphatic carbocycles. The molecule has 1 amide bonds. The normalized spacial score (nSPS) is 11.4. The van der Waals surface area contributed by atoms with Gasteiger partial charge in [0.15, 0.2) is 9.84 Å². The Labute approximate surface area is 147 Å². The Morgan fingerprint density at radius 1 is 1.12 bits per heavy atom. The molecule has 0 spiro atoms. The molecule has 3 N–H and O–H groups in total. The number of nitrogens with two attached hydrogens (primary N) is 1. The number of carbonyl (C=O) groups is 1. The van der Waals surface area contributed by atoms with E-state index >= 15 is 0 Å². The number of amides is 1. The van der Waals surface area contributed by atoms with Crippen molar-refractivity contribution in [3.8, 4) is 5.75 Å². The van der Waals surface area contributed by atoms with E-state index in [9.17, 15) is 13.2 Å². The minimum absolute atomic E-state index is 0.0328. The Balaban J connectivity index is 2.22. The standard InChI is InChI=1S/C18H22N2O4S/c1-13(2)25(22,23)17-6-4-3-5-16(17)18(21)20-14-7-9-15(10-8-14)24-12-11-19/h3-10,13H,11-12,19H2,1-2H3,(H,20,21). The molecule has 0 unspecified atom stereocenters. The van der Waals surface area contributed by atoms with E-state index in [-0.39, 0.29) is 10.5 Å². The fourth-order valence-corrected chi connectivity index (χ4v) is 3.41. The number of hydrogen-bond donors (Lipinski definition) is 2. The summed E-state index contributed by atoms with van der Waals surface area (Å²) in [6.07, 6.45) is 0. The molecule has 7 heteroatoms. The lowest BCUT2D eigenvalue weighted by Crippen LogP contribution is -2.20. The number of rotatable bonds is 7. The Hall–Kier alpha value is -2.38. The van der Waals surface area contributed by atoms with E-state index in [1.165, 1.54) is 12.1 Å². The number of ether oxygens (including phenoxy) is 1. The maximum Gasteiger partial charge on any atom is 0.256 e. The highest BCUT2D eigenvalue weighted by molar-refractivity contribution is 7.92. The fraction of sp³-hybridized carbons (Fsp3) is 0.278. The van der Waals surface area contributed by atoms with Crippen LogP contribution in [0.5, 0.6) is 5.75 Å². The molecule has 0 saturated heterocycles. The zero-order chi connectivity index (χ0) is 18.4. The van der Waals surface area contributed by atoms with Gasteiger partial charge < -0.3 is 15.8 Å². The predicted molar refractivity (Wildman–Crippen MR) is 97.7 cm³/mol. The molecule has 6 nitrogen and oxygen atoms in total. The Morgan fingerprint density at radius 2 is 1.76 bits per heavy atom. The van der Waals surface area contributed by atoms with Gasteiger partial charge in [0.25, 0.3) is 5.91 Å². The van der Waals surface area contributed by atoms with Crippen molar-refractivity contribution in [1.82, 2.24) is 0 Å². The highest BCUT2D eigenvalue weighted by Crippen LogP contribution is 2.22. The number of hydrogen-bond acceptors (Lipinski definition) is 5. The smallest absolute Gasteiger partial charge is 0.256 e. The Morgan fingerprint density at radius 3 is 2.36 bits per heavy atom. The third-order valence-electron chi connectivity index (χ3n) is 3.56. The van der Waals surface area contributed by atoms with Crippen molar-refractivity contribution >= 4 is 21.4 Å². The van der Waals surface area contributed by atoms with Crippen LogP contribution in [0.3, 0.4) is 0 Å². The number of sulfone groups is 1. The predicted octanol–water partition coefficient (Wildman–Crippen LogP) is 2.46. The molecule has 0 aromatic heterocycles. The molecular weight excluding hydrogens is 340 g/mol. The van der Waals surface area contributed by atoms with Gasteiger partial charge in [-0.1, -0.05) is 12.1 Å². The summed E-state index contributed by atoms with van der Waals surface area (Å²) >= 11 is 0. The number of nitrogens with one attached hydrogen (secondary N) is 1. The van der Waals surface area contributed by atoms with Gasteiger partial charge in [-0.05, 0) is 50.2 Å². The third-order valence-corrected chi connectivity index (χ3v) is 5.77. The quantitative estimate of drug-likeness (QED) is 0.788. The lowest BCUT2D eigenvalue weighted by molar-refractivity contribution is 0.102. The first-order valence-corrected chi connectivity index (χ1v) is 9.48. The van der Waals surface area contributed by atoms with Crippen molar-refractivity contribution in [2.45, 2.75) is 24.0 Å². The first-order chi connectivity index (χ1) is 11.9. The molecule has 0 atom stereocenters. The maximum atomic E-state index is 12.5. The molecule has 2 aromatic carbocycles. The van der Waals surface area contributed by atoms with Crippen molar-refractivity contribution in [3.05, 3.63) is 54.1 Å². The van der Waals surface area contributed by atoms with Crippen LogP contribution in [0, 0.1) is 0 Å². The van der Waals surface area contributed by atoms with Gasteiger partial charge in [-0.3, -0.25) is 4.79 Å². The van der Waals surface area contributed by atoms with Gasteiger partial charge in [0.05, 0.1) is 15.7 Å². The summed E-state index contributed by atoms with van der Waals surface area (Å²) in [6.45, 7) is 4.00. The molecule has 0 saturated carbocycles. The molecule has 2 aromatic rings. The van der Waals surface area contributed by atoms with E-state index in [0.29, 0.717) is 24.6 Å². The first-order valence-electron chi connectivity index (χ1n) is 7.93. The van der Waals surface area contributed by atoms with Gasteiger partial charge in [0.2, 0.25) is 0 Å². The van der Waals surface area contributed by atoms with Crippen molar-refractivity contribution in [2.75, 3.05) is 18.5 Å². The zero-order valence-electron chi connectivity index (χ0n) is 14.2. The number of anilines is 1. The van der Waals surface area contributed by atoms with Gasteiger partial charge in [-0.25, -0.2) is 8.42 Å². The van der Waals surface area contributed by atoms with E-state index in [0.717, 1.165) is 0 Å². The number of carbonyl (C=O) groups excluding carboxylic acids is 1. The van der Waals surface area contributed by atoms with Gasteiger partial charge in [0, 0.05) is 12.2 Å². The van der Waals surface area contributed by atoms with Crippen LogP contribution in [0.2, 0.25) is 0 Å². The topological polar surface area (TPSA) is 98.5 Å². The first kappa shape index (κ1) is 19.0. The highest BCUT2D eigenvalue weighted by Gasteiger charge is 2.25. The Kier molecular flexibility index (Phi) is 6.17. The summed E-state index contributed by atoms with van der Waals surface area (Å²) in [5.41, 5.74) is 6.04. The van der Waals surface area contributed by atoms with Crippen LogP contribution in [0.4, 0.5) is 5.69 Å². The van der Waals surface area contributed by atoms with Crippen LogP contribution in [0.1, 0.15) is 24.2 Å². The molecule has 25 heavy (non-hydrogen) atoms. The lowest BCUT2D eigenvalue weighted by Gasteiger charge is -2.13. The number of benzene rings is 2. The van der Waals surface area contributed by atoms with Crippen LogP contribution in [-0.2, 0) is 9.84 Å². The molecule has 0 fully saturated rings. The largest absolute Gasteiger partial charge is 0.492 e. The zero-order valence-corrected chi connectivity index (χ0v) is 15.0. The van der Waals surface area contributed by atoms with Crippen LogP contribution >= 0.6 is 0 Å². The fourth-order valence-electron chi connectivity index (χ4n) is 2.17. The molecule has 0 radical (unpaired) electrons. The van der Waals surface area contributed by atoms with Gasteiger partial charge in [-0.15, -0.1) is 0 Å². The summed E-state index contributed by atoms with van der Waals surface area (Å²) in [5.74, 6) is 0.168.